The van der Waals surface area contributed by atoms with Crippen LogP contribution >= 0.6 is 31.9 Å². The van der Waals surface area contributed by atoms with E-state index in [9.17, 15) is 0 Å². The van der Waals surface area contributed by atoms with E-state index in [0.29, 0.717) is 6.04 Å². The Morgan fingerprint density at radius 3 is 2.62 bits per heavy atom. The van der Waals surface area contributed by atoms with Gasteiger partial charge < -0.3 is 10.6 Å². The molecule has 0 aromatic heterocycles. The Hall–Kier alpha value is -0.840. The molecule has 1 saturated heterocycles. The van der Waals surface area contributed by atoms with Gasteiger partial charge in [-0.05, 0) is 95.5 Å². The van der Waals surface area contributed by atoms with Crippen molar-refractivity contribution >= 4 is 37.4 Å². The van der Waals surface area contributed by atoms with Crippen LogP contribution in [0.25, 0.3) is 5.57 Å². The molecule has 2 aliphatic heterocycles. The van der Waals surface area contributed by atoms with Crippen LogP contribution in [0.5, 0.6) is 0 Å². The Morgan fingerprint density at radius 2 is 1.83 bits per heavy atom. The van der Waals surface area contributed by atoms with Crippen molar-refractivity contribution in [3.8, 4) is 0 Å². The summed E-state index contributed by atoms with van der Waals surface area (Å²) < 4.78 is 2.43. The SMILES string of the molecule is Cc1ccc2c(c1Br)CCC1=CC(Br)=CNC1C2=C1CCNCC1. The van der Waals surface area contributed by atoms with E-state index in [0.717, 1.165) is 43.3 Å². The average Bonchev–Trinajstić information content (AvgIpc) is 2.76. The van der Waals surface area contributed by atoms with Gasteiger partial charge in [-0.2, -0.15) is 0 Å². The van der Waals surface area contributed by atoms with Crippen LogP contribution in [0.15, 0.2) is 44.5 Å². The number of dihydropyridines is 1. The van der Waals surface area contributed by atoms with Crippen LogP contribution in [0, 0.1) is 6.92 Å². The number of rotatable bonds is 0. The van der Waals surface area contributed by atoms with Gasteiger partial charge in [-0.15, -0.1) is 0 Å². The summed E-state index contributed by atoms with van der Waals surface area (Å²) in [6.07, 6.45) is 8.91. The summed E-state index contributed by atoms with van der Waals surface area (Å²) in [6.45, 7) is 4.37. The van der Waals surface area contributed by atoms with E-state index in [2.05, 4.69) is 73.8 Å². The standard InChI is InChI=1S/C20H22Br2N2/c1-12-2-4-16-17(19(12)22)5-3-14-10-15(21)11-24-20(14)18(16)13-6-8-23-9-7-13/h2,4,10-11,20,23-24H,3,5-9H2,1H3. The molecule has 0 spiro atoms. The summed E-state index contributed by atoms with van der Waals surface area (Å²) in [5, 5.41) is 7.16. The summed E-state index contributed by atoms with van der Waals surface area (Å²) in [5.41, 5.74) is 8.87. The lowest BCUT2D eigenvalue weighted by atomic mass is 9.85. The van der Waals surface area contributed by atoms with E-state index in [1.165, 1.54) is 32.3 Å². The van der Waals surface area contributed by atoms with Gasteiger partial charge in [-0.1, -0.05) is 33.6 Å². The zero-order valence-corrected chi connectivity index (χ0v) is 17.1. The van der Waals surface area contributed by atoms with Gasteiger partial charge in [0.25, 0.3) is 0 Å². The highest BCUT2D eigenvalue weighted by Gasteiger charge is 2.30. The van der Waals surface area contributed by atoms with Crippen molar-refractivity contribution in [3.05, 3.63) is 61.2 Å². The first kappa shape index (κ1) is 16.6. The van der Waals surface area contributed by atoms with Crippen LogP contribution in [0.4, 0.5) is 0 Å². The molecule has 0 radical (unpaired) electrons. The molecule has 126 valence electrons. The first-order valence-electron chi connectivity index (χ1n) is 8.68. The van der Waals surface area contributed by atoms with Crippen LogP contribution in [-0.2, 0) is 6.42 Å². The number of allylic oxidation sites excluding steroid dienone is 2. The Morgan fingerprint density at radius 1 is 1.04 bits per heavy atom. The van der Waals surface area contributed by atoms with Gasteiger partial charge >= 0.3 is 0 Å². The van der Waals surface area contributed by atoms with Gasteiger partial charge in [0.15, 0.2) is 0 Å². The summed E-state index contributed by atoms with van der Waals surface area (Å²) >= 11 is 7.51. The summed E-state index contributed by atoms with van der Waals surface area (Å²) in [5.74, 6) is 0. The third kappa shape index (κ3) is 2.93. The molecule has 4 rings (SSSR count). The van der Waals surface area contributed by atoms with E-state index in [1.807, 2.05) is 0 Å². The van der Waals surface area contributed by atoms with Crippen LogP contribution in [0.3, 0.4) is 0 Å². The van der Waals surface area contributed by atoms with Crippen LogP contribution in [0.1, 0.15) is 36.0 Å². The molecule has 2 N–H and O–H groups in total. The van der Waals surface area contributed by atoms with Crippen molar-refractivity contribution in [2.75, 3.05) is 13.1 Å². The highest BCUT2D eigenvalue weighted by Crippen LogP contribution is 2.42. The fourth-order valence-corrected chi connectivity index (χ4v) is 5.08. The number of nitrogens with one attached hydrogen (secondary N) is 2. The number of halogens is 2. The molecule has 1 unspecified atom stereocenters. The van der Waals surface area contributed by atoms with Crippen molar-refractivity contribution in [2.24, 2.45) is 0 Å². The van der Waals surface area contributed by atoms with Crippen LogP contribution in [0.2, 0.25) is 0 Å². The highest BCUT2D eigenvalue weighted by molar-refractivity contribution is 9.12. The van der Waals surface area contributed by atoms with E-state index in [1.54, 1.807) is 5.57 Å². The quantitative estimate of drug-likeness (QED) is 0.583. The van der Waals surface area contributed by atoms with Gasteiger partial charge in [0.05, 0.1) is 6.04 Å². The van der Waals surface area contributed by atoms with Gasteiger partial charge in [-0.3, -0.25) is 0 Å². The fraction of sp³-hybridized carbons (Fsp3) is 0.400. The van der Waals surface area contributed by atoms with Crippen molar-refractivity contribution in [1.82, 2.24) is 10.6 Å². The van der Waals surface area contributed by atoms with Crippen LogP contribution in [-0.4, -0.2) is 19.1 Å². The maximum Gasteiger partial charge on any atom is 0.0731 e. The Labute approximate surface area is 160 Å². The average molecular weight is 450 g/mol. The monoisotopic (exact) mass is 448 g/mol. The van der Waals surface area contributed by atoms with E-state index >= 15 is 0 Å². The second kappa shape index (κ2) is 6.81. The number of fused-ring (bicyclic) bond motifs is 2. The summed E-state index contributed by atoms with van der Waals surface area (Å²) in [4.78, 5) is 0. The van der Waals surface area contributed by atoms with Crippen LogP contribution < -0.4 is 10.6 Å². The summed E-state index contributed by atoms with van der Waals surface area (Å²) in [6, 6.07) is 4.92. The zero-order valence-electron chi connectivity index (χ0n) is 13.9. The molecule has 0 amide bonds. The van der Waals surface area contributed by atoms with E-state index < -0.39 is 0 Å². The topological polar surface area (TPSA) is 24.1 Å². The maximum absolute atomic E-state index is 3.87. The number of aryl methyl sites for hydroxylation is 1. The third-order valence-electron chi connectivity index (χ3n) is 5.35. The van der Waals surface area contributed by atoms with Crippen molar-refractivity contribution in [3.63, 3.8) is 0 Å². The van der Waals surface area contributed by atoms with Crippen molar-refractivity contribution in [2.45, 2.75) is 38.6 Å². The van der Waals surface area contributed by atoms with Gasteiger partial charge in [-0.25, -0.2) is 0 Å². The maximum atomic E-state index is 3.87. The largest absolute Gasteiger partial charge is 0.379 e. The smallest absolute Gasteiger partial charge is 0.0731 e. The molecule has 3 aliphatic rings. The minimum absolute atomic E-state index is 0.315. The third-order valence-corrected chi connectivity index (χ3v) is 6.91. The minimum atomic E-state index is 0.315. The molecular formula is C20H22Br2N2. The molecule has 1 fully saturated rings. The predicted octanol–water partition coefficient (Wildman–Crippen LogP) is 4.98. The van der Waals surface area contributed by atoms with E-state index in [-0.39, 0.29) is 0 Å². The van der Waals surface area contributed by atoms with Gasteiger partial charge in [0, 0.05) is 15.2 Å². The number of piperidine rings is 1. The Kier molecular flexibility index (Phi) is 4.72. The highest BCUT2D eigenvalue weighted by atomic mass is 79.9. The predicted molar refractivity (Wildman–Crippen MR) is 108 cm³/mol. The van der Waals surface area contributed by atoms with Gasteiger partial charge in [0.1, 0.15) is 0 Å². The molecule has 1 atom stereocenters. The molecule has 2 nitrogen and oxygen atoms in total. The van der Waals surface area contributed by atoms with Crippen molar-refractivity contribution in [1.29, 1.82) is 0 Å². The van der Waals surface area contributed by atoms with Gasteiger partial charge in [0.2, 0.25) is 0 Å². The second-order valence-electron chi connectivity index (χ2n) is 6.84. The Bertz CT molecular complexity index is 766. The number of hydrogen-bond acceptors (Lipinski definition) is 2. The lowest BCUT2D eigenvalue weighted by molar-refractivity contribution is 0.606. The van der Waals surface area contributed by atoms with Crippen molar-refractivity contribution < 1.29 is 0 Å². The second-order valence-corrected chi connectivity index (χ2v) is 8.55. The molecule has 0 saturated carbocycles. The first-order chi connectivity index (χ1) is 11.6. The molecule has 1 aliphatic carbocycles. The lowest BCUT2D eigenvalue weighted by Gasteiger charge is -2.30. The summed E-state index contributed by atoms with van der Waals surface area (Å²) in [7, 11) is 0. The lowest BCUT2D eigenvalue weighted by Crippen LogP contribution is -2.32. The minimum Gasteiger partial charge on any atom is -0.379 e. The molecule has 1 aromatic rings. The van der Waals surface area contributed by atoms with E-state index in [4.69, 9.17) is 0 Å². The normalized spacial score (nSPS) is 23.5. The number of benzene rings is 1. The molecule has 0 bridgehead atoms. The first-order valence-corrected chi connectivity index (χ1v) is 10.3. The molecule has 2 heterocycles. The number of hydrogen-bond donors (Lipinski definition) is 2. The molecule has 24 heavy (non-hydrogen) atoms. The molecule has 4 heteroatoms. The fourth-order valence-electron chi connectivity index (χ4n) is 4.11. The Balaban J connectivity index is 1.92. The molecule has 1 aromatic carbocycles. The molecular weight excluding hydrogens is 428 g/mol. The zero-order chi connectivity index (χ0) is 16.7.